The smallest absolute Gasteiger partial charge is 0.269 e. The molecule has 6 N–H and O–H groups in total. The van der Waals surface area contributed by atoms with Crippen LogP contribution in [-0.2, 0) is 4.79 Å². The van der Waals surface area contributed by atoms with E-state index in [0.717, 1.165) is 36.4 Å². The van der Waals surface area contributed by atoms with Crippen molar-refractivity contribution < 1.29 is 14.4 Å². The number of aromatic amines is 1. The van der Waals surface area contributed by atoms with Crippen molar-refractivity contribution >= 4 is 35.2 Å². The van der Waals surface area contributed by atoms with Gasteiger partial charge in [-0.25, -0.2) is 0 Å². The first kappa shape index (κ1) is 29.2. The second kappa shape index (κ2) is 14.1. The van der Waals surface area contributed by atoms with Gasteiger partial charge in [0.15, 0.2) is 0 Å². The zero-order valence-corrected chi connectivity index (χ0v) is 24.3. The molecule has 11 heteroatoms. The summed E-state index contributed by atoms with van der Waals surface area (Å²) in [5.41, 5.74) is 3.20. The number of rotatable bonds is 13. The standard InChI is InChI=1S/C31H37N7O3S/c1-20-34-26-19-42-27(29(26)35-20)10-5-6-11-28(39)36-23-14-12-22(13-15-23)30(40)32-16-7-17-33-31(41)25-18-24(37-38-25)21-8-3-2-4-9-21/h2-4,8-9,12-15,18,26-27,29,34-35H,1,5-7,10-11,16-17,19H2,(H,32,40)(H,33,41)(H,36,39)(H,37,38)/t26-,27-,29-/m0/s1. The van der Waals surface area contributed by atoms with Gasteiger partial charge in [-0.3, -0.25) is 19.5 Å². The lowest BCUT2D eigenvalue weighted by atomic mass is 10.0. The molecule has 0 aliphatic carbocycles. The number of benzene rings is 2. The Hall–Kier alpha value is -4.25. The van der Waals surface area contributed by atoms with Crippen molar-refractivity contribution in [3.8, 4) is 11.3 Å². The summed E-state index contributed by atoms with van der Waals surface area (Å²) in [6, 6.07) is 19.1. The number of nitrogens with zero attached hydrogens (tertiary/aromatic N) is 1. The highest BCUT2D eigenvalue weighted by Crippen LogP contribution is 2.34. The Bertz CT molecular complexity index is 1390. The lowest BCUT2D eigenvalue weighted by molar-refractivity contribution is -0.116. The van der Waals surface area contributed by atoms with Gasteiger partial charge >= 0.3 is 0 Å². The quantitative estimate of drug-likeness (QED) is 0.168. The van der Waals surface area contributed by atoms with Gasteiger partial charge in [0.25, 0.3) is 11.8 Å². The van der Waals surface area contributed by atoms with Crippen molar-refractivity contribution in [1.82, 2.24) is 31.5 Å². The number of nitrogens with one attached hydrogen (secondary N) is 6. The first-order chi connectivity index (χ1) is 20.5. The van der Waals surface area contributed by atoms with Gasteiger partial charge in [-0.2, -0.15) is 16.9 Å². The lowest BCUT2D eigenvalue weighted by Crippen LogP contribution is -2.36. The number of unbranched alkanes of at least 4 members (excludes halogenated alkanes) is 1. The third kappa shape index (κ3) is 7.73. The van der Waals surface area contributed by atoms with Gasteiger partial charge in [0.2, 0.25) is 5.91 Å². The number of amides is 3. The predicted molar refractivity (Wildman–Crippen MR) is 166 cm³/mol. The van der Waals surface area contributed by atoms with Gasteiger partial charge < -0.3 is 26.6 Å². The molecule has 2 aromatic carbocycles. The molecule has 3 amide bonds. The van der Waals surface area contributed by atoms with Gasteiger partial charge in [-0.05, 0) is 49.6 Å². The molecule has 3 heterocycles. The van der Waals surface area contributed by atoms with Crippen molar-refractivity contribution in [1.29, 1.82) is 0 Å². The Labute approximate surface area is 249 Å². The number of H-pyrrole nitrogens is 1. The van der Waals surface area contributed by atoms with E-state index in [2.05, 4.69) is 43.4 Å². The number of carbonyl (C=O) groups is 3. The first-order valence-electron chi connectivity index (χ1n) is 14.4. The SMILES string of the molecule is C=C1N[C@H]2[C@H](CS[C@H]2CCCCC(=O)Nc2ccc(C(=O)NCCCNC(=O)c3cc(-c4ccccc4)n[nH]3)cc2)N1. The van der Waals surface area contributed by atoms with Crippen molar-refractivity contribution in [2.24, 2.45) is 0 Å². The maximum Gasteiger partial charge on any atom is 0.269 e. The van der Waals surface area contributed by atoms with E-state index in [1.54, 1.807) is 30.3 Å². The molecule has 0 unspecified atom stereocenters. The van der Waals surface area contributed by atoms with Crippen molar-refractivity contribution in [2.75, 3.05) is 24.2 Å². The van der Waals surface area contributed by atoms with Crippen LogP contribution in [0, 0.1) is 0 Å². The molecule has 0 radical (unpaired) electrons. The molecule has 2 aliphatic heterocycles. The number of carbonyl (C=O) groups excluding carboxylic acids is 3. The molecule has 42 heavy (non-hydrogen) atoms. The van der Waals surface area contributed by atoms with Crippen molar-refractivity contribution in [2.45, 2.75) is 49.4 Å². The molecule has 0 bridgehead atoms. The summed E-state index contributed by atoms with van der Waals surface area (Å²) in [7, 11) is 0. The number of hydrogen-bond donors (Lipinski definition) is 6. The minimum Gasteiger partial charge on any atom is -0.367 e. The van der Waals surface area contributed by atoms with Crippen LogP contribution in [0.25, 0.3) is 11.3 Å². The fourth-order valence-electron chi connectivity index (χ4n) is 5.19. The summed E-state index contributed by atoms with van der Waals surface area (Å²) in [5, 5.41) is 23.0. The van der Waals surface area contributed by atoms with E-state index in [9.17, 15) is 14.4 Å². The molecule has 220 valence electrons. The van der Waals surface area contributed by atoms with Crippen LogP contribution >= 0.6 is 11.8 Å². The van der Waals surface area contributed by atoms with Crippen LogP contribution < -0.4 is 26.6 Å². The van der Waals surface area contributed by atoms with Crippen LogP contribution in [0.15, 0.2) is 73.1 Å². The molecular weight excluding hydrogens is 550 g/mol. The normalized spacial score (nSPS) is 19.0. The Morgan fingerprint density at radius 2 is 1.69 bits per heavy atom. The number of fused-ring (bicyclic) bond motifs is 1. The Morgan fingerprint density at radius 3 is 2.48 bits per heavy atom. The van der Waals surface area contributed by atoms with Crippen molar-refractivity contribution in [3.05, 3.63) is 84.3 Å². The Balaban J connectivity index is 0.941. The van der Waals surface area contributed by atoms with E-state index in [1.165, 1.54) is 0 Å². The second-order valence-corrected chi connectivity index (χ2v) is 11.8. The predicted octanol–water partition coefficient (Wildman–Crippen LogP) is 3.64. The summed E-state index contributed by atoms with van der Waals surface area (Å²) < 4.78 is 0. The van der Waals surface area contributed by atoms with Crippen LogP contribution in [0.2, 0.25) is 0 Å². The van der Waals surface area contributed by atoms with Crippen LogP contribution in [0.4, 0.5) is 5.69 Å². The van der Waals surface area contributed by atoms with E-state index in [-0.39, 0.29) is 17.7 Å². The molecule has 3 aromatic rings. The second-order valence-electron chi connectivity index (χ2n) is 10.5. The average Bonchev–Trinajstić information content (AvgIpc) is 3.73. The minimum atomic E-state index is -0.245. The number of aromatic nitrogens is 2. The van der Waals surface area contributed by atoms with Gasteiger partial charge in [-0.1, -0.05) is 43.3 Å². The van der Waals surface area contributed by atoms with E-state index < -0.39 is 0 Å². The van der Waals surface area contributed by atoms with E-state index in [1.807, 2.05) is 42.1 Å². The zero-order chi connectivity index (χ0) is 29.3. The molecule has 10 nitrogen and oxygen atoms in total. The Morgan fingerprint density at radius 1 is 0.929 bits per heavy atom. The number of anilines is 1. The fraction of sp³-hybridized carbons (Fsp3) is 0.355. The zero-order valence-electron chi connectivity index (χ0n) is 23.4. The monoisotopic (exact) mass is 587 g/mol. The van der Waals surface area contributed by atoms with Crippen LogP contribution in [0.5, 0.6) is 0 Å². The molecule has 2 saturated heterocycles. The summed E-state index contributed by atoms with van der Waals surface area (Å²) in [5.74, 6) is 1.54. The Kier molecular flexibility index (Phi) is 9.81. The molecule has 2 aliphatic rings. The largest absolute Gasteiger partial charge is 0.367 e. The van der Waals surface area contributed by atoms with E-state index in [4.69, 9.17) is 0 Å². The topological polar surface area (TPSA) is 140 Å². The number of hydrogen-bond acceptors (Lipinski definition) is 7. The van der Waals surface area contributed by atoms with Crippen LogP contribution in [-0.4, -0.2) is 64.1 Å². The van der Waals surface area contributed by atoms with Crippen LogP contribution in [0.3, 0.4) is 0 Å². The molecule has 0 spiro atoms. The lowest BCUT2D eigenvalue weighted by Gasteiger charge is -2.17. The number of thioether (sulfide) groups is 1. The maximum atomic E-state index is 12.5. The van der Waals surface area contributed by atoms with Gasteiger partial charge in [-0.15, -0.1) is 0 Å². The first-order valence-corrected chi connectivity index (χ1v) is 15.4. The summed E-state index contributed by atoms with van der Waals surface area (Å²) in [6.07, 6.45) is 3.97. The van der Waals surface area contributed by atoms with Gasteiger partial charge in [0.05, 0.1) is 23.6 Å². The highest BCUT2D eigenvalue weighted by atomic mass is 32.2. The summed E-state index contributed by atoms with van der Waals surface area (Å²) >= 11 is 1.99. The summed E-state index contributed by atoms with van der Waals surface area (Å²) in [4.78, 5) is 37.3. The molecule has 1 aromatic heterocycles. The molecule has 2 fully saturated rings. The highest BCUT2D eigenvalue weighted by molar-refractivity contribution is 8.00. The minimum absolute atomic E-state index is 0.0216. The van der Waals surface area contributed by atoms with E-state index >= 15 is 0 Å². The van der Waals surface area contributed by atoms with Gasteiger partial charge in [0.1, 0.15) is 5.69 Å². The molecule has 5 rings (SSSR count). The highest BCUT2D eigenvalue weighted by Gasteiger charge is 2.40. The third-order valence-corrected chi connectivity index (χ3v) is 8.92. The average molecular weight is 588 g/mol. The van der Waals surface area contributed by atoms with Gasteiger partial charge in [0, 0.05) is 47.3 Å². The third-order valence-electron chi connectivity index (χ3n) is 7.41. The summed E-state index contributed by atoms with van der Waals surface area (Å²) in [6.45, 7) is 4.79. The van der Waals surface area contributed by atoms with E-state index in [0.29, 0.717) is 65.9 Å². The molecule has 0 saturated carbocycles. The molecule has 3 atom stereocenters. The van der Waals surface area contributed by atoms with Crippen molar-refractivity contribution in [3.63, 3.8) is 0 Å². The fourth-order valence-corrected chi connectivity index (χ4v) is 6.74. The maximum absolute atomic E-state index is 12.5. The molecular formula is C31H37N7O3S. The van der Waals surface area contributed by atoms with Crippen LogP contribution in [0.1, 0.15) is 53.0 Å².